The first-order valence-electron chi connectivity index (χ1n) is 9.29. The summed E-state index contributed by atoms with van der Waals surface area (Å²) in [5, 5.41) is 16.4. The summed E-state index contributed by atoms with van der Waals surface area (Å²) in [5.74, 6) is 1.05. The van der Waals surface area contributed by atoms with E-state index in [9.17, 15) is 9.90 Å². The highest BCUT2D eigenvalue weighted by molar-refractivity contribution is 5.80. The molecule has 0 unspecified atom stereocenters. The molecule has 7 heteroatoms. The van der Waals surface area contributed by atoms with E-state index in [1.807, 2.05) is 4.90 Å². The largest absolute Gasteiger partial charge is 0.393 e. The number of guanidine groups is 1. The second-order valence-corrected chi connectivity index (χ2v) is 6.76. The zero-order valence-electron chi connectivity index (χ0n) is 15.1. The third kappa shape index (κ3) is 6.28. The van der Waals surface area contributed by atoms with E-state index in [0.29, 0.717) is 6.04 Å². The van der Waals surface area contributed by atoms with Crippen LogP contribution in [0.4, 0.5) is 0 Å². The van der Waals surface area contributed by atoms with E-state index < -0.39 is 0 Å². The summed E-state index contributed by atoms with van der Waals surface area (Å²) in [6.07, 6.45) is 3.61. The van der Waals surface area contributed by atoms with Crippen LogP contribution in [0.2, 0.25) is 0 Å². The Balaban J connectivity index is 1.72. The van der Waals surface area contributed by atoms with Gasteiger partial charge in [-0.25, -0.2) is 0 Å². The lowest BCUT2D eigenvalue weighted by atomic mass is 9.93. The summed E-state index contributed by atoms with van der Waals surface area (Å²) < 4.78 is 0. The number of aliphatic imine (C=N–C) groups is 1. The minimum Gasteiger partial charge on any atom is -0.393 e. The topological polar surface area (TPSA) is 80.2 Å². The lowest BCUT2D eigenvalue weighted by Gasteiger charge is -2.33. The number of amides is 1. The van der Waals surface area contributed by atoms with Crippen molar-refractivity contribution in [2.75, 3.05) is 45.8 Å². The molecule has 2 rings (SSSR count). The van der Waals surface area contributed by atoms with Crippen LogP contribution in [-0.4, -0.2) is 84.7 Å². The molecule has 1 heterocycles. The van der Waals surface area contributed by atoms with E-state index in [-0.39, 0.29) is 12.0 Å². The van der Waals surface area contributed by atoms with Gasteiger partial charge < -0.3 is 20.6 Å². The maximum atomic E-state index is 11.3. The van der Waals surface area contributed by atoms with Crippen molar-refractivity contribution >= 4 is 11.9 Å². The number of aliphatic hydroxyl groups excluding tert-OH is 1. The minimum atomic E-state index is -0.128. The Labute approximate surface area is 145 Å². The molecule has 0 spiro atoms. The monoisotopic (exact) mass is 339 g/mol. The molecule has 0 atom stereocenters. The molecule has 1 saturated heterocycles. The molecule has 0 aromatic rings. The molecule has 0 aromatic heterocycles. The number of hydrogen-bond acceptors (Lipinski definition) is 4. The third-order valence-electron chi connectivity index (χ3n) is 4.89. The average molecular weight is 339 g/mol. The normalized spacial score (nSPS) is 26.3. The van der Waals surface area contributed by atoms with Gasteiger partial charge in [0.15, 0.2) is 5.96 Å². The second-order valence-electron chi connectivity index (χ2n) is 6.76. The predicted octanol–water partition coefficient (Wildman–Crippen LogP) is 0.00910. The SMILES string of the molecule is CCNC(=NCCN1CCN(C(C)=O)CC1)NC1CCC(O)CC1. The second kappa shape index (κ2) is 9.84. The van der Waals surface area contributed by atoms with Crippen molar-refractivity contribution in [2.24, 2.45) is 4.99 Å². The van der Waals surface area contributed by atoms with Crippen LogP contribution in [0.25, 0.3) is 0 Å². The standard InChI is InChI=1S/C17H33N5O2/c1-3-18-17(20-15-4-6-16(24)7-5-15)19-8-9-21-10-12-22(13-11-21)14(2)23/h15-16,24H,3-13H2,1-2H3,(H2,18,19,20). The highest BCUT2D eigenvalue weighted by Crippen LogP contribution is 2.18. The zero-order valence-corrected chi connectivity index (χ0v) is 15.1. The summed E-state index contributed by atoms with van der Waals surface area (Å²) >= 11 is 0. The molecule has 2 aliphatic rings. The fourth-order valence-corrected chi connectivity index (χ4v) is 3.32. The van der Waals surface area contributed by atoms with Crippen LogP contribution in [-0.2, 0) is 4.79 Å². The van der Waals surface area contributed by atoms with Crippen LogP contribution in [0.5, 0.6) is 0 Å². The highest BCUT2D eigenvalue weighted by Gasteiger charge is 2.20. The van der Waals surface area contributed by atoms with Crippen molar-refractivity contribution in [1.82, 2.24) is 20.4 Å². The molecule has 138 valence electrons. The molecular formula is C17H33N5O2. The lowest BCUT2D eigenvalue weighted by Crippen LogP contribution is -2.49. The fourth-order valence-electron chi connectivity index (χ4n) is 3.32. The van der Waals surface area contributed by atoms with Gasteiger partial charge in [-0.3, -0.25) is 14.7 Å². The molecule has 24 heavy (non-hydrogen) atoms. The van der Waals surface area contributed by atoms with Crippen molar-refractivity contribution in [3.8, 4) is 0 Å². The van der Waals surface area contributed by atoms with Gasteiger partial charge >= 0.3 is 0 Å². The summed E-state index contributed by atoms with van der Waals surface area (Å²) in [6, 6.07) is 0.408. The van der Waals surface area contributed by atoms with Gasteiger partial charge in [0, 0.05) is 52.2 Å². The fraction of sp³-hybridized carbons (Fsp3) is 0.882. The summed E-state index contributed by atoms with van der Waals surface area (Å²) in [5.41, 5.74) is 0. The van der Waals surface area contributed by atoms with Gasteiger partial charge in [-0.2, -0.15) is 0 Å². The van der Waals surface area contributed by atoms with Crippen LogP contribution in [0.15, 0.2) is 4.99 Å². The number of nitrogens with zero attached hydrogens (tertiary/aromatic N) is 3. The average Bonchev–Trinajstić information content (AvgIpc) is 2.57. The van der Waals surface area contributed by atoms with E-state index in [4.69, 9.17) is 0 Å². The number of carbonyl (C=O) groups is 1. The number of piperazine rings is 1. The number of rotatable bonds is 5. The molecule has 2 fully saturated rings. The molecule has 0 aromatic carbocycles. The van der Waals surface area contributed by atoms with Crippen LogP contribution in [0, 0.1) is 0 Å². The van der Waals surface area contributed by atoms with E-state index in [0.717, 1.165) is 77.5 Å². The molecule has 0 bridgehead atoms. The summed E-state index contributed by atoms with van der Waals surface area (Å²) in [6.45, 7) is 9.74. The van der Waals surface area contributed by atoms with Crippen molar-refractivity contribution < 1.29 is 9.90 Å². The van der Waals surface area contributed by atoms with E-state index in [1.54, 1.807) is 6.92 Å². The number of aliphatic hydroxyl groups is 1. The number of hydrogen-bond donors (Lipinski definition) is 3. The van der Waals surface area contributed by atoms with E-state index >= 15 is 0 Å². The Hall–Kier alpha value is -1.34. The van der Waals surface area contributed by atoms with Crippen molar-refractivity contribution in [3.63, 3.8) is 0 Å². The smallest absolute Gasteiger partial charge is 0.219 e. The lowest BCUT2D eigenvalue weighted by molar-refractivity contribution is -0.130. The molecule has 1 amide bonds. The van der Waals surface area contributed by atoms with Gasteiger partial charge in [-0.05, 0) is 32.6 Å². The molecule has 1 aliphatic carbocycles. The van der Waals surface area contributed by atoms with E-state index in [1.165, 1.54) is 0 Å². The van der Waals surface area contributed by atoms with Gasteiger partial charge in [-0.1, -0.05) is 0 Å². The Morgan fingerprint density at radius 1 is 1.17 bits per heavy atom. The van der Waals surface area contributed by atoms with Crippen LogP contribution >= 0.6 is 0 Å². The predicted molar refractivity (Wildman–Crippen MR) is 96.1 cm³/mol. The van der Waals surface area contributed by atoms with Crippen LogP contribution < -0.4 is 10.6 Å². The zero-order chi connectivity index (χ0) is 17.4. The molecule has 1 saturated carbocycles. The van der Waals surface area contributed by atoms with Gasteiger partial charge in [0.1, 0.15) is 0 Å². The summed E-state index contributed by atoms with van der Waals surface area (Å²) in [7, 11) is 0. The first-order valence-corrected chi connectivity index (χ1v) is 9.29. The third-order valence-corrected chi connectivity index (χ3v) is 4.89. The van der Waals surface area contributed by atoms with Gasteiger partial charge in [0.2, 0.25) is 5.91 Å². The first kappa shape index (κ1) is 19.0. The highest BCUT2D eigenvalue weighted by atomic mass is 16.3. The summed E-state index contributed by atoms with van der Waals surface area (Å²) in [4.78, 5) is 20.3. The molecule has 3 N–H and O–H groups in total. The van der Waals surface area contributed by atoms with Crippen molar-refractivity contribution in [3.05, 3.63) is 0 Å². The Bertz CT molecular complexity index is 413. The molecule has 1 aliphatic heterocycles. The number of nitrogens with one attached hydrogen (secondary N) is 2. The van der Waals surface area contributed by atoms with Crippen LogP contribution in [0.3, 0.4) is 0 Å². The molecular weight excluding hydrogens is 306 g/mol. The number of carbonyl (C=O) groups excluding carboxylic acids is 1. The maximum absolute atomic E-state index is 11.3. The quantitative estimate of drug-likeness (QED) is 0.486. The van der Waals surface area contributed by atoms with E-state index in [2.05, 4.69) is 27.4 Å². The molecule has 0 radical (unpaired) electrons. The minimum absolute atomic E-state index is 0.128. The Morgan fingerprint density at radius 3 is 2.42 bits per heavy atom. The van der Waals surface area contributed by atoms with Crippen molar-refractivity contribution in [2.45, 2.75) is 51.7 Å². The molecule has 7 nitrogen and oxygen atoms in total. The van der Waals surface area contributed by atoms with Gasteiger partial charge in [0.25, 0.3) is 0 Å². The van der Waals surface area contributed by atoms with Crippen molar-refractivity contribution in [1.29, 1.82) is 0 Å². The Kier molecular flexibility index (Phi) is 7.78. The van der Waals surface area contributed by atoms with Crippen LogP contribution in [0.1, 0.15) is 39.5 Å². The first-order chi connectivity index (χ1) is 11.6. The maximum Gasteiger partial charge on any atom is 0.219 e. The van der Waals surface area contributed by atoms with Gasteiger partial charge in [0.05, 0.1) is 12.6 Å². The Morgan fingerprint density at radius 2 is 1.83 bits per heavy atom. The van der Waals surface area contributed by atoms with Gasteiger partial charge in [-0.15, -0.1) is 0 Å².